The average molecular weight is 410 g/mol. The van der Waals surface area contributed by atoms with E-state index in [1.165, 1.54) is 28.4 Å². The summed E-state index contributed by atoms with van der Waals surface area (Å²) in [7, 11) is 0. The summed E-state index contributed by atoms with van der Waals surface area (Å²) in [5.74, 6) is -1.94. The predicted octanol–water partition coefficient (Wildman–Crippen LogP) is 0.708. The van der Waals surface area contributed by atoms with Gasteiger partial charge in [0.05, 0.1) is 28.1 Å². The largest absolute Gasteiger partial charge is 0.477 e. The summed E-state index contributed by atoms with van der Waals surface area (Å²) in [6.45, 7) is 4.22. The second-order valence-electron chi connectivity index (χ2n) is 7.06. The molecule has 0 aromatic carbocycles. The van der Waals surface area contributed by atoms with Crippen LogP contribution >= 0.6 is 23.5 Å². The van der Waals surface area contributed by atoms with Crippen LogP contribution in [0.15, 0.2) is 22.5 Å². The maximum Gasteiger partial charge on any atom is 0.354 e. The van der Waals surface area contributed by atoms with Crippen LogP contribution in [-0.2, 0) is 27.5 Å². The molecule has 0 bridgehead atoms. The number of aliphatic hydroxyl groups excluding tert-OH is 1. The Balaban J connectivity index is 1.57. The fourth-order valence-corrected chi connectivity index (χ4v) is 7.09. The topological polar surface area (TPSA) is 104 Å². The molecule has 0 radical (unpaired) electrons. The highest BCUT2D eigenvalue weighted by Gasteiger charge is 2.58. The molecule has 0 spiro atoms. The summed E-state index contributed by atoms with van der Waals surface area (Å²) in [6, 6.07) is 0. The Morgan fingerprint density at radius 3 is 2.85 bits per heavy atom. The molecule has 27 heavy (non-hydrogen) atoms. The van der Waals surface area contributed by atoms with E-state index in [0.29, 0.717) is 10.8 Å². The lowest BCUT2D eigenvalue weighted by atomic mass is 9.92. The molecule has 1 aromatic rings. The van der Waals surface area contributed by atoms with Gasteiger partial charge in [-0.3, -0.25) is 14.5 Å². The van der Waals surface area contributed by atoms with Gasteiger partial charge >= 0.3 is 5.97 Å². The Hall–Kier alpha value is -1.78. The number of rotatable bonds is 6. The first-order chi connectivity index (χ1) is 12.8. The molecule has 1 amide bonds. The number of Topliss-reactive ketones (excluding diaryl/α,β-unsaturated/α-hetero) is 1. The first kappa shape index (κ1) is 18.6. The quantitative estimate of drug-likeness (QED) is 0.526. The van der Waals surface area contributed by atoms with Crippen molar-refractivity contribution < 1.29 is 29.2 Å². The minimum Gasteiger partial charge on any atom is -0.477 e. The van der Waals surface area contributed by atoms with Crippen molar-refractivity contribution in [2.45, 2.75) is 50.1 Å². The summed E-state index contributed by atoms with van der Waals surface area (Å²) in [5, 5.41) is 19.2. The molecule has 4 heterocycles. The first-order valence-electron chi connectivity index (χ1n) is 8.68. The molecule has 1 saturated heterocycles. The molecular weight excluding hydrogens is 390 g/mol. The molecule has 10 heteroatoms. The van der Waals surface area contributed by atoms with Crippen molar-refractivity contribution in [2.75, 3.05) is 0 Å². The highest BCUT2D eigenvalue weighted by molar-refractivity contribution is 8.22. The van der Waals surface area contributed by atoms with Gasteiger partial charge in [0.25, 0.3) is 0 Å². The number of ketones is 1. The number of fused-ring (bicyclic) bond motifs is 2. The molecule has 1 fully saturated rings. The number of imidazole rings is 1. The molecule has 0 saturated carbocycles. The number of hydrogen-bond donors (Lipinski definition) is 2. The highest BCUT2D eigenvalue weighted by atomic mass is 32.2. The van der Waals surface area contributed by atoms with Gasteiger partial charge in [-0.15, -0.1) is 11.8 Å². The normalized spacial score (nSPS) is 27.4. The Morgan fingerprint density at radius 1 is 1.48 bits per heavy atom. The number of aromatic nitrogens is 2. The Bertz CT molecular complexity index is 878. The van der Waals surface area contributed by atoms with E-state index in [1.807, 2.05) is 17.1 Å². The molecular formula is C17H20N3O5S2+. The molecule has 3 aliphatic heterocycles. The number of aliphatic carboxylic acids is 1. The Kier molecular flexibility index (Phi) is 4.59. The van der Waals surface area contributed by atoms with Crippen LogP contribution in [0.1, 0.15) is 31.2 Å². The number of aliphatic hydroxyl groups is 1. The van der Waals surface area contributed by atoms with Gasteiger partial charge in [0.2, 0.25) is 12.2 Å². The third-order valence-electron chi connectivity index (χ3n) is 5.00. The number of carbonyl (C=O) groups excluding carboxylic acids is 2. The number of carboxylic acids is 1. The lowest BCUT2D eigenvalue weighted by Crippen LogP contribution is -2.60. The van der Waals surface area contributed by atoms with Gasteiger partial charge in [-0.2, -0.15) is 0 Å². The molecule has 2 N–H and O–H groups in total. The van der Waals surface area contributed by atoms with Crippen LogP contribution in [0.4, 0.5) is 0 Å². The number of hydrogen-bond acceptors (Lipinski definition) is 6. The number of amides is 1. The standard InChI is InChI=1S/C17H19N3O5S2/c1-8(21)5-18-6-10-11(3-4-19(10)7-18)26-17-13(16(24)25)20-14(23)12(9(2)22)15(20)27-17/h6-7,9,11-12,15,22H,3-5H2,1-2H3/p+1/t9?,11?,12-,15+/m0/s1. The molecule has 4 atom stereocenters. The molecule has 4 rings (SSSR count). The summed E-state index contributed by atoms with van der Waals surface area (Å²) in [6.07, 6.45) is 3.90. The smallest absolute Gasteiger partial charge is 0.354 e. The molecule has 8 nitrogen and oxygen atoms in total. The molecule has 144 valence electrons. The number of carbonyl (C=O) groups is 3. The number of aryl methyl sites for hydroxylation is 1. The third-order valence-corrected chi connectivity index (χ3v) is 7.90. The van der Waals surface area contributed by atoms with Crippen molar-refractivity contribution in [3.8, 4) is 0 Å². The average Bonchev–Trinajstić information content (AvgIpc) is 3.19. The van der Waals surface area contributed by atoms with Gasteiger partial charge in [0, 0.05) is 6.42 Å². The number of thioether (sulfide) groups is 2. The van der Waals surface area contributed by atoms with E-state index in [0.717, 1.165) is 18.7 Å². The summed E-state index contributed by atoms with van der Waals surface area (Å²) < 4.78 is 4.54. The second kappa shape index (κ2) is 6.68. The van der Waals surface area contributed by atoms with E-state index < -0.39 is 18.0 Å². The van der Waals surface area contributed by atoms with Crippen molar-refractivity contribution in [1.82, 2.24) is 9.47 Å². The van der Waals surface area contributed by atoms with Crippen molar-refractivity contribution in [2.24, 2.45) is 5.92 Å². The lowest BCUT2D eigenvalue weighted by molar-refractivity contribution is -0.684. The maximum atomic E-state index is 12.3. The maximum absolute atomic E-state index is 12.3. The SMILES string of the molecule is CC(=O)C[n+]1cc2n(c1)CCC2SC1=C(C(=O)O)N2C(=O)[C@H](C(C)O)[C@H]2S1. The van der Waals surface area contributed by atoms with Crippen molar-refractivity contribution in [3.63, 3.8) is 0 Å². The van der Waals surface area contributed by atoms with Crippen LogP contribution in [0.2, 0.25) is 0 Å². The highest BCUT2D eigenvalue weighted by Crippen LogP contribution is 2.57. The number of carboxylic acid groups (broad SMARTS) is 1. The van der Waals surface area contributed by atoms with Crippen LogP contribution in [-0.4, -0.2) is 48.8 Å². The van der Waals surface area contributed by atoms with Gasteiger partial charge in [-0.25, -0.2) is 13.9 Å². The first-order valence-corrected chi connectivity index (χ1v) is 10.4. The van der Waals surface area contributed by atoms with Crippen molar-refractivity contribution >= 4 is 41.2 Å². The van der Waals surface area contributed by atoms with E-state index in [2.05, 4.69) is 4.57 Å². The van der Waals surface area contributed by atoms with E-state index in [9.17, 15) is 24.6 Å². The lowest BCUT2D eigenvalue weighted by Gasteiger charge is -2.43. The fraction of sp³-hybridized carbons (Fsp3) is 0.529. The zero-order chi connectivity index (χ0) is 19.5. The summed E-state index contributed by atoms with van der Waals surface area (Å²) >= 11 is 2.81. The van der Waals surface area contributed by atoms with E-state index in [-0.39, 0.29) is 28.0 Å². The number of nitrogens with zero attached hydrogens (tertiary/aromatic N) is 3. The monoisotopic (exact) mass is 410 g/mol. The Morgan fingerprint density at radius 2 is 2.22 bits per heavy atom. The van der Waals surface area contributed by atoms with Gasteiger partial charge in [0.15, 0.2) is 17.2 Å². The fourth-order valence-electron chi connectivity index (χ4n) is 3.81. The van der Waals surface area contributed by atoms with Crippen molar-refractivity contribution in [3.05, 3.63) is 28.2 Å². The van der Waals surface area contributed by atoms with E-state index in [1.54, 1.807) is 13.8 Å². The zero-order valence-electron chi connectivity index (χ0n) is 14.9. The minimum absolute atomic E-state index is 0.0264. The van der Waals surface area contributed by atoms with Gasteiger partial charge in [-0.05, 0) is 13.8 Å². The summed E-state index contributed by atoms with van der Waals surface area (Å²) in [5.41, 5.74) is 1.07. The van der Waals surface area contributed by atoms with Gasteiger partial charge < -0.3 is 10.2 Å². The second-order valence-corrected chi connectivity index (χ2v) is 9.65. The van der Waals surface area contributed by atoms with Gasteiger partial charge in [-0.1, -0.05) is 11.8 Å². The van der Waals surface area contributed by atoms with E-state index in [4.69, 9.17) is 0 Å². The zero-order valence-corrected chi connectivity index (χ0v) is 16.5. The van der Waals surface area contributed by atoms with Crippen LogP contribution in [0.25, 0.3) is 0 Å². The molecule has 3 aliphatic rings. The van der Waals surface area contributed by atoms with Crippen LogP contribution in [0.3, 0.4) is 0 Å². The van der Waals surface area contributed by atoms with E-state index >= 15 is 0 Å². The van der Waals surface area contributed by atoms with Crippen molar-refractivity contribution in [1.29, 1.82) is 0 Å². The number of β-lactam (4-membered cyclic amide) rings is 1. The van der Waals surface area contributed by atoms with Crippen LogP contribution in [0, 0.1) is 5.92 Å². The predicted molar refractivity (Wildman–Crippen MR) is 98.3 cm³/mol. The minimum atomic E-state index is -1.12. The third kappa shape index (κ3) is 2.99. The molecule has 1 aromatic heterocycles. The van der Waals surface area contributed by atoms with Gasteiger partial charge in [0.1, 0.15) is 18.1 Å². The van der Waals surface area contributed by atoms with Crippen LogP contribution in [0.5, 0.6) is 0 Å². The summed E-state index contributed by atoms with van der Waals surface area (Å²) in [4.78, 5) is 36.7. The van der Waals surface area contributed by atoms with Crippen LogP contribution < -0.4 is 4.57 Å². The molecule has 0 aliphatic carbocycles. The Labute approximate surface area is 164 Å². The molecule has 2 unspecified atom stereocenters.